The molecule has 0 fully saturated rings. The van der Waals surface area contributed by atoms with E-state index in [4.69, 9.17) is 11.6 Å². The van der Waals surface area contributed by atoms with E-state index in [0.29, 0.717) is 34.2 Å². The third-order valence-corrected chi connectivity index (χ3v) is 6.81. The fraction of sp³-hybridized carbons (Fsp3) is 0.536. The first-order chi connectivity index (χ1) is 18.8. The van der Waals surface area contributed by atoms with Crippen molar-refractivity contribution in [2.24, 2.45) is 16.0 Å². The number of hydrogen-bond acceptors (Lipinski definition) is 8. The Bertz CT molecular complexity index is 1030. The average molecular weight is 564 g/mol. The molecule has 3 atom stereocenters. The highest BCUT2D eigenvalue weighted by Crippen LogP contribution is 2.25. The van der Waals surface area contributed by atoms with Crippen molar-refractivity contribution in [3.63, 3.8) is 0 Å². The first kappa shape index (κ1) is 32.3. The van der Waals surface area contributed by atoms with E-state index in [1.165, 1.54) is 69.9 Å². The molecular formula is C28H43ClFN7O2. The minimum atomic E-state index is -0.575. The summed E-state index contributed by atoms with van der Waals surface area (Å²) in [7, 11) is 0. The molecule has 0 spiro atoms. The number of amides is 1. The highest BCUT2D eigenvalue weighted by molar-refractivity contribution is 6.30. The molecule has 0 saturated carbocycles. The lowest BCUT2D eigenvalue weighted by molar-refractivity contribution is -0.109. The van der Waals surface area contributed by atoms with Gasteiger partial charge < -0.3 is 26.0 Å². The molecule has 5 N–H and O–H groups in total. The summed E-state index contributed by atoms with van der Waals surface area (Å²) in [5, 5.41) is 22.4. The monoisotopic (exact) mass is 563 g/mol. The molecule has 2 aliphatic rings. The van der Waals surface area contributed by atoms with Crippen LogP contribution in [0.2, 0.25) is 5.02 Å². The van der Waals surface area contributed by atoms with Gasteiger partial charge in [-0.3, -0.25) is 10.2 Å². The maximum Gasteiger partial charge on any atom is 0.212 e. The quantitative estimate of drug-likeness (QED) is 0.218. The molecule has 39 heavy (non-hydrogen) atoms. The molecule has 3 unspecified atom stereocenters. The summed E-state index contributed by atoms with van der Waals surface area (Å²) < 4.78 is 14.1. The summed E-state index contributed by atoms with van der Waals surface area (Å²) in [6, 6.07) is 3.68. The molecule has 0 aliphatic carbocycles. The smallest absolute Gasteiger partial charge is 0.212 e. The SMILES string of the molecule is CCCN(CC)CCCC(C)CC.O=CNC1=CC(NC2=CC(c3cc(Cl)ccc3F)NN=C2CO)N=CN1. The molecule has 0 aromatic heterocycles. The maximum absolute atomic E-state index is 14.1. The summed E-state index contributed by atoms with van der Waals surface area (Å²) in [4.78, 5) is 17.3. The Hall–Kier alpha value is -2.95. The molecule has 2 heterocycles. The van der Waals surface area contributed by atoms with Crippen LogP contribution in [0.3, 0.4) is 0 Å². The molecule has 9 nitrogen and oxygen atoms in total. The van der Waals surface area contributed by atoms with Crippen molar-refractivity contribution in [2.45, 2.75) is 65.6 Å². The molecule has 11 heteroatoms. The molecule has 3 rings (SSSR count). The molecule has 216 valence electrons. The fourth-order valence-corrected chi connectivity index (χ4v) is 4.29. The van der Waals surface area contributed by atoms with E-state index in [2.05, 4.69) is 64.1 Å². The van der Waals surface area contributed by atoms with Gasteiger partial charge in [-0.15, -0.1) is 0 Å². The van der Waals surface area contributed by atoms with Gasteiger partial charge in [-0.25, -0.2) is 9.38 Å². The van der Waals surface area contributed by atoms with E-state index in [-0.39, 0.29) is 6.61 Å². The Balaban J connectivity index is 0.000000349. The van der Waals surface area contributed by atoms with Crippen LogP contribution in [0.4, 0.5) is 4.39 Å². The predicted octanol–water partition coefficient (Wildman–Crippen LogP) is 4.03. The summed E-state index contributed by atoms with van der Waals surface area (Å²) in [6.45, 7) is 12.6. The highest BCUT2D eigenvalue weighted by atomic mass is 35.5. The third-order valence-electron chi connectivity index (χ3n) is 6.58. The van der Waals surface area contributed by atoms with Crippen LogP contribution >= 0.6 is 11.6 Å². The predicted molar refractivity (Wildman–Crippen MR) is 157 cm³/mol. The van der Waals surface area contributed by atoms with E-state index in [0.717, 1.165) is 5.92 Å². The molecule has 2 aliphatic heterocycles. The number of rotatable bonds is 14. The van der Waals surface area contributed by atoms with Gasteiger partial charge in [0.05, 0.1) is 24.7 Å². The van der Waals surface area contributed by atoms with Crippen molar-refractivity contribution in [1.82, 2.24) is 26.3 Å². The molecule has 0 radical (unpaired) electrons. The minimum absolute atomic E-state index is 0.324. The van der Waals surface area contributed by atoms with Gasteiger partial charge in [0, 0.05) is 16.7 Å². The summed E-state index contributed by atoms with van der Waals surface area (Å²) in [6.07, 6.45) is 10.2. The van der Waals surface area contributed by atoms with E-state index in [1.54, 1.807) is 12.2 Å². The topological polar surface area (TPSA) is 113 Å². The van der Waals surface area contributed by atoms with Crippen molar-refractivity contribution in [1.29, 1.82) is 0 Å². The van der Waals surface area contributed by atoms with Crippen LogP contribution < -0.4 is 21.4 Å². The first-order valence-electron chi connectivity index (χ1n) is 13.6. The number of nitrogens with zero attached hydrogens (tertiary/aromatic N) is 3. The second-order valence-electron chi connectivity index (χ2n) is 9.51. The van der Waals surface area contributed by atoms with Gasteiger partial charge in [0.25, 0.3) is 0 Å². The number of benzene rings is 1. The maximum atomic E-state index is 14.1. The Kier molecular flexibility index (Phi) is 14.6. The molecule has 1 amide bonds. The molecule has 1 aromatic rings. The number of hydrogen-bond donors (Lipinski definition) is 5. The largest absolute Gasteiger partial charge is 0.390 e. The molecule has 1 aromatic carbocycles. The van der Waals surface area contributed by atoms with Crippen molar-refractivity contribution >= 4 is 30.1 Å². The van der Waals surface area contributed by atoms with Crippen LogP contribution in [-0.2, 0) is 4.79 Å². The Morgan fingerprint density at radius 1 is 1.26 bits per heavy atom. The lowest BCUT2D eigenvalue weighted by Crippen LogP contribution is -2.39. The number of aliphatic hydroxyl groups is 1. The second-order valence-corrected chi connectivity index (χ2v) is 9.95. The lowest BCUT2D eigenvalue weighted by Gasteiger charge is -2.26. The normalized spacial score (nSPS) is 18.9. The number of carbonyl (C=O) groups excluding carboxylic acids is 1. The van der Waals surface area contributed by atoms with Crippen molar-refractivity contribution in [3.8, 4) is 0 Å². The molecular weight excluding hydrogens is 521 g/mol. The van der Waals surface area contributed by atoms with Gasteiger partial charge in [-0.05, 0) is 69.1 Å². The number of aliphatic hydroxyl groups excluding tert-OH is 1. The van der Waals surface area contributed by atoms with Gasteiger partial charge in [-0.1, -0.05) is 45.7 Å². The standard InChI is InChI=1S/C16H16ClFN6O2.C12H27N/c17-9-1-2-11(18)10(3-9)12-4-13(14(6-25)24-23-12)22-16-5-15(21-8-26)19-7-20-16;1-5-10-13(7-3)11-8-9-12(4)6-2/h1-5,7-8,12,16,22-23,25H,6H2,(H,19,20)(H,21,26);12H,5-11H2,1-4H3. The van der Waals surface area contributed by atoms with Crippen LogP contribution in [0.1, 0.15) is 65.0 Å². The van der Waals surface area contributed by atoms with E-state index < -0.39 is 18.0 Å². The Morgan fingerprint density at radius 2 is 2.05 bits per heavy atom. The molecule has 0 bridgehead atoms. The van der Waals surface area contributed by atoms with Crippen molar-refractivity contribution in [2.75, 3.05) is 26.2 Å². The van der Waals surface area contributed by atoms with Gasteiger partial charge in [0.15, 0.2) is 0 Å². The number of nitrogens with one attached hydrogen (secondary N) is 4. The van der Waals surface area contributed by atoms with Gasteiger partial charge in [0.1, 0.15) is 23.5 Å². The van der Waals surface area contributed by atoms with Crippen molar-refractivity contribution in [3.05, 3.63) is 58.3 Å². The van der Waals surface area contributed by atoms with Gasteiger partial charge in [-0.2, -0.15) is 5.10 Å². The summed E-state index contributed by atoms with van der Waals surface area (Å²) >= 11 is 5.95. The zero-order chi connectivity index (χ0) is 28.6. The van der Waals surface area contributed by atoms with Crippen LogP contribution in [-0.4, -0.2) is 60.9 Å². The zero-order valence-electron chi connectivity index (χ0n) is 23.4. The number of hydrazone groups is 1. The number of aliphatic imine (C=N–C) groups is 1. The summed E-state index contributed by atoms with van der Waals surface area (Å²) in [5.41, 5.74) is 3.94. The molecule has 0 saturated heterocycles. The Labute approximate surface area is 236 Å². The summed E-state index contributed by atoms with van der Waals surface area (Å²) in [5.74, 6) is 0.949. The van der Waals surface area contributed by atoms with Gasteiger partial charge >= 0.3 is 0 Å². The zero-order valence-corrected chi connectivity index (χ0v) is 24.1. The Morgan fingerprint density at radius 3 is 2.72 bits per heavy atom. The highest BCUT2D eigenvalue weighted by Gasteiger charge is 2.22. The number of carbonyl (C=O) groups is 1. The fourth-order valence-electron chi connectivity index (χ4n) is 4.11. The van der Waals surface area contributed by atoms with E-state index in [1.807, 2.05) is 0 Å². The van der Waals surface area contributed by atoms with Crippen LogP contribution in [0.25, 0.3) is 0 Å². The van der Waals surface area contributed by atoms with Crippen LogP contribution in [0, 0.1) is 11.7 Å². The van der Waals surface area contributed by atoms with Crippen LogP contribution in [0.15, 0.2) is 52.0 Å². The minimum Gasteiger partial charge on any atom is -0.390 e. The van der Waals surface area contributed by atoms with Crippen molar-refractivity contribution < 1.29 is 14.3 Å². The third kappa shape index (κ3) is 11.0. The first-order valence-corrected chi connectivity index (χ1v) is 14.0. The van der Waals surface area contributed by atoms with Gasteiger partial charge in [0.2, 0.25) is 6.41 Å². The van der Waals surface area contributed by atoms with E-state index in [9.17, 15) is 14.3 Å². The second kappa shape index (κ2) is 17.6. The average Bonchev–Trinajstić information content (AvgIpc) is 2.94. The van der Waals surface area contributed by atoms with Crippen LogP contribution in [0.5, 0.6) is 0 Å². The number of halogens is 2. The lowest BCUT2D eigenvalue weighted by atomic mass is 10.0. The van der Waals surface area contributed by atoms with E-state index >= 15 is 0 Å².